The molecule has 156 valence electrons. The van der Waals surface area contributed by atoms with Gasteiger partial charge in [-0.05, 0) is 24.6 Å². The van der Waals surface area contributed by atoms with E-state index in [0.29, 0.717) is 23.6 Å². The first kappa shape index (κ1) is 20.8. The first-order valence-electron chi connectivity index (χ1n) is 10.1. The number of anilines is 1. The number of Topliss-reactive ketones (excluding diaryl/α,β-unsaturated/α-hetero) is 1. The maximum Gasteiger partial charge on any atom is 0.250 e. The molecule has 2 aromatic carbocycles. The van der Waals surface area contributed by atoms with Gasteiger partial charge in [0.05, 0.1) is 17.8 Å². The fourth-order valence-corrected chi connectivity index (χ4v) is 3.58. The van der Waals surface area contributed by atoms with Gasteiger partial charge in [-0.25, -0.2) is 4.98 Å². The molecule has 0 spiro atoms. The van der Waals surface area contributed by atoms with Gasteiger partial charge in [0.2, 0.25) is 0 Å². The molecule has 32 heavy (non-hydrogen) atoms. The second-order valence-corrected chi connectivity index (χ2v) is 7.34. The molecule has 0 bridgehead atoms. The number of hydrogen-bond donors (Lipinski definition) is 1. The van der Waals surface area contributed by atoms with Gasteiger partial charge >= 0.3 is 0 Å². The average Bonchev–Trinajstić information content (AvgIpc) is 2.81. The Hall–Kier alpha value is -4.43. The fraction of sp³-hybridized carbons (Fsp3) is 0.0741. The zero-order valence-corrected chi connectivity index (χ0v) is 17.6. The summed E-state index contributed by atoms with van der Waals surface area (Å²) in [6.45, 7) is 1.92. The van der Waals surface area contributed by atoms with Gasteiger partial charge in [0.25, 0.3) is 5.56 Å². The Balaban J connectivity index is 1.91. The molecule has 0 saturated carbocycles. The topological polar surface area (TPSA) is 64.0 Å². The largest absolute Gasteiger partial charge is 0.310 e. The number of pyridine rings is 2. The monoisotopic (exact) mass is 419 g/mol. The third kappa shape index (κ3) is 4.35. The molecule has 0 aliphatic heterocycles. The number of carbonyl (C=O) groups is 1. The van der Waals surface area contributed by atoms with Gasteiger partial charge < -0.3 is 4.57 Å². The quantitative estimate of drug-likeness (QED) is 0.276. The van der Waals surface area contributed by atoms with Crippen molar-refractivity contribution in [2.45, 2.75) is 13.5 Å². The maximum atomic E-state index is 12.5. The highest BCUT2D eigenvalue weighted by molar-refractivity contribution is 6.01. The van der Waals surface area contributed by atoms with Crippen molar-refractivity contribution >= 4 is 11.6 Å². The van der Waals surface area contributed by atoms with E-state index in [9.17, 15) is 9.59 Å². The molecule has 0 unspecified atom stereocenters. The minimum Gasteiger partial charge on any atom is -0.310 e. The molecule has 0 radical (unpaired) electrons. The lowest BCUT2D eigenvalue weighted by Gasteiger charge is -2.15. The van der Waals surface area contributed by atoms with Crippen molar-refractivity contribution < 1.29 is 4.79 Å². The van der Waals surface area contributed by atoms with E-state index in [1.807, 2.05) is 60.7 Å². The van der Waals surface area contributed by atoms with Gasteiger partial charge in [-0.3, -0.25) is 14.9 Å². The molecule has 2 aromatic heterocycles. The van der Waals surface area contributed by atoms with E-state index in [2.05, 4.69) is 11.4 Å². The van der Waals surface area contributed by atoms with E-state index >= 15 is 0 Å². The van der Waals surface area contributed by atoms with Gasteiger partial charge in [-0.1, -0.05) is 67.1 Å². The average molecular weight is 419 g/mol. The summed E-state index contributed by atoms with van der Waals surface area (Å²) >= 11 is 0. The molecule has 0 saturated heterocycles. The summed E-state index contributed by atoms with van der Waals surface area (Å²) in [5.74, 6) is 0.175. The summed E-state index contributed by atoms with van der Waals surface area (Å²) in [6, 6.07) is 26.9. The van der Waals surface area contributed by atoms with E-state index in [1.54, 1.807) is 22.9 Å². The number of terminal acetylenes is 1. The van der Waals surface area contributed by atoms with Crippen LogP contribution in [0.1, 0.15) is 22.8 Å². The highest BCUT2D eigenvalue weighted by atomic mass is 16.1. The number of nitrogens with one attached hydrogen (secondary N) is 1. The van der Waals surface area contributed by atoms with Crippen LogP contribution in [0.3, 0.4) is 0 Å². The Morgan fingerprint density at radius 1 is 1.00 bits per heavy atom. The van der Waals surface area contributed by atoms with Crippen LogP contribution in [0.15, 0.2) is 89.9 Å². The molecular weight excluding hydrogens is 398 g/mol. The van der Waals surface area contributed by atoms with Crippen molar-refractivity contribution in [1.82, 2.24) is 9.55 Å². The van der Waals surface area contributed by atoms with Gasteiger partial charge in [0.1, 0.15) is 5.82 Å². The molecule has 0 fully saturated rings. The number of carbonyl (C=O) groups excluding carboxylic acids is 1. The normalized spacial score (nSPS) is 10.4. The van der Waals surface area contributed by atoms with Gasteiger partial charge in [-0.2, -0.15) is 0 Å². The highest BCUT2D eigenvalue weighted by Gasteiger charge is 2.18. The summed E-state index contributed by atoms with van der Waals surface area (Å²) in [5.41, 5.74) is 4.36. The van der Waals surface area contributed by atoms with Crippen LogP contribution >= 0.6 is 0 Å². The molecule has 4 aromatic rings. The van der Waals surface area contributed by atoms with Crippen LogP contribution in [-0.2, 0) is 6.54 Å². The zero-order chi connectivity index (χ0) is 22.5. The number of rotatable bonds is 6. The lowest BCUT2D eigenvalue weighted by atomic mass is 9.97. The maximum absolute atomic E-state index is 12.5. The van der Waals surface area contributed by atoms with Crippen molar-refractivity contribution in [2.75, 3.05) is 5.32 Å². The van der Waals surface area contributed by atoms with Crippen LogP contribution in [0.2, 0.25) is 0 Å². The van der Waals surface area contributed by atoms with Crippen molar-refractivity contribution in [3.05, 3.63) is 107 Å². The van der Waals surface area contributed by atoms with Crippen LogP contribution < -0.4 is 10.9 Å². The summed E-state index contributed by atoms with van der Waals surface area (Å²) < 4.78 is 1.65. The molecule has 1 N–H and O–H groups in total. The second kappa shape index (κ2) is 9.15. The molecule has 2 heterocycles. The van der Waals surface area contributed by atoms with E-state index in [-0.39, 0.29) is 11.3 Å². The number of nitrogens with zero attached hydrogens (tertiary/aromatic N) is 2. The van der Waals surface area contributed by atoms with Crippen LogP contribution in [0.5, 0.6) is 0 Å². The SMILES string of the molecule is C#CNc1nc(-c2ccccc2)c(-c2ccc(=O)n(Cc3ccccc3)c2)cc1C(C)=O. The molecule has 0 atom stereocenters. The van der Waals surface area contributed by atoms with E-state index in [0.717, 1.165) is 22.3 Å². The Bertz CT molecular complexity index is 1370. The van der Waals surface area contributed by atoms with Crippen molar-refractivity contribution in [3.8, 4) is 34.9 Å². The number of benzene rings is 2. The van der Waals surface area contributed by atoms with E-state index < -0.39 is 0 Å². The Kier molecular flexibility index (Phi) is 5.96. The van der Waals surface area contributed by atoms with Gasteiger partial charge in [-0.15, -0.1) is 0 Å². The minimum atomic E-state index is -0.159. The van der Waals surface area contributed by atoms with Crippen molar-refractivity contribution in [1.29, 1.82) is 0 Å². The van der Waals surface area contributed by atoms with Gasteiger partial charge in [0.15, 0.2) is 5.78 Å². The van der Waals surface area contributed by atoms with Crippen molar-refractivity contribution in [3.63, 3.8) is 0 Å². The summed E-state index contributed by atoms with van der Waals surface area (Å²) in [6.07, 6.45) is 7.23. The van der Waals surface area contributed by atoms with Crippen LogP contribution in [0.4, 0.5) is 5.82 Å². The first-order chi connectivity index (χ1) is 15.6. The first-order valence-corrected chi connectivity index (χ1v) is 10.1. The van der Waals surface area contributed by atoms with E-state index in [1.165, 1.54) is 13.0 Å². The fourth-order valence-electron chi connectivity index (χ4n) is 3.58. The lowest BCUT2D eigenvalue weighted by molar-refractivity contribution is 0.101. The minimum absolute atomic E-state index is 0.107. The van der Waals surface area contributed by atoms with Crippen LogP contribution in [-0.4, -0.2) is 15.3 Å². The Labute approximate surface area is 186 Å². The molecule has 0 amide bonds. The molecule has 0 aliphatic carbocycles. The number of ketones is 1. The van der Waals surface area contributed by atoms with Gasteiger partial charge in [0, 0.05) is 35.0 Å². The molecule has 5 nitrogen and oxygen atoms in total. The summed E-state index contributed by atoms with van der Waals surface area (Å²) in [4.78, 5) is 29.6. The number of aromatic nitrogens is 2. The predicted octanol–water partition coefficient (Wildman–Crippen LogP) is 4.83. The van der Waals surface area contributed by atoms with Crippen molar-refractivity contribution in [2.24, 2.45) is 0 Å². The van der Waals surface area contributed by atoms with Crippen LogP contribution in [0.25, 0.3) is 22.4 Å². The Morgan fingerprint density at radius 3 is 2.34 bits per heavy atom. The van der Waals surface area contributed by atoms with Crippen LogP contribution in [0, 0.1) is 12.5 Å². The lowest BCUT2D eigenvalue weighted by Crippen LogP contribution is -2.19. The standard InChI is InChI=1S/C27H21N3O2/c1-3-28-27-23(19(2)31)16-24(26(29-27)21-12-8-5-9-13-21)22-14-15-25(32)30(18-22)17-20-10-6-4-7-11-20/h1,4-16,18H,17H2,2H3,(H,28,29). The molecular formula is C27H21N3O2. The third-order valence-electron chi connectivity index (χ3n) is 5.13. The van der Waals surface area contributed by atoms with E-state index in [4.69, 9.17) is 11.4 Å². The summed E-state index contributed by atoms with van der Waals surface area (Å²) in [5, 5.41) is 2.74. The molecule has 5 heteroatoms. The number of hydrogen-bond acceptors (Lipinski definition) is 4. The zero-order valence-electron chi connectivity index (χ0n) is 17.6. The smallest absolute Gasteiger partial charge is 0.250 e. The predicted molar refractivity (Wildman–Crippen MR) is 127 cm³/mol. The molecule has 4 rings (SSSR count). The summed E-state index contributed by atoms with van der Waals surface area (Å²) in [7, 11) is 0. The highest BCUT2D eigenvalue weighted by Crippen LogP contribution is 2.33. The third-order valence-corrected chi connectivity index (χ3v) is 5.13. The molecule has 0 aliphatic rings. The second-order valence-electron chi connectivity index (χ2n) is 7.34. The Morgan fingerprint density at radius 2 is 1.69 bits per heavy atom.